The van der Waals surface area contributed by atoms with Crippen molar-refractivity contribution in [3.63, 3.8) is 0 Å². The van der Waals surface area contributed by atoms with Crippen LogP contribution < -0.4 is 28.4 Å². The molecule has 0 spiro atoms. The van der Waals surface area contributed by atoms with Gasteiger partial charge in [-0.25, -0.2) is 0 Å². The Bertz CT molecular complexity index is 1430. The van der Waals surface area contributed by atoms with Crippen molar-refractivity contribution in [2.75, 3.05) is 20.3 Å². The summed E-state index contributed by atoms with van der Waals surface area (Å²) in [6.07, 6.45) is 1.73. The van der Waals surface area contributed by atoms with Crippen molar-refractivity contribution in [2.45, 2.75) is 20.0 Å². The zero-order valence-corrected chi connectivity index (χ0v) is 19.0. The van der Waals surface area contributed by atoms with Gasteiger partial charge in [0.05, 0.1) is 5.56 Å². The first kappa shape index (κ1) is 20.2. The fraction of sp³-hybridized carbons (Fsp3) is 0.222. The summed E-state index contributed by atoms with van der Waals surface area (Å²) in [7, 11) is 0. The standard InChI is InChI=1S/C27H21NO7/c1-15-26-18(11-28(12-30-26)10-17-3-5-21-23(8-17)34-14-32-21)9-19-25(29)24(35-27(15)19)7-16-2-4-20-22(6-16)33-13-31-20/h2-9H,10-14H2,1H3/b24-7-. The van der Waals surface area contributed by atoms with Gasteiger partial charge in [-0.15, -0.1) is 0 Å². The molecule has 8 nitrogen and oxygen atoms in total. The van der Waals surface area contributed by atoms with Crippen molar-refractivity contribution < 1.29 is 33.2 Å². The Morgan fingerprint density at radius 1 is 0.857 bits per heavy atom. The summed E-state index contributed by atoms with van der Waals surface area (Å²) in [6.45, 7) is 4.17. The third-order valence-corrected chi connectivity index (χ3v) is 6.54. The highest BCUT2D eigenvalue weighted by atomic mass is 16.7. The zero-order chi connectivity index (χ0) is 23.5. The summed E-state index contributed by atoms with van der Waals surface area (Å²) in [5.41, 5.74) is 4.27. The smallest absolute Gasteiger partial charge is 0.231 e. The Morgan fingerprint density at radius 2 is 1.60 bits per heavy atom. The summed E-state index contributed by atoms with van der Waals surface area (Å²) in [6, 6.07) is 13.4. The summed E-state index contributed by atoms with van der Waals surface area (Å²) in [5.74, 6) is 4.36. The lowest BCUT2D eigenvalue weighted by Crippen LogP contribution is -2.32. The van der Waals surface area contributed by atoms with Crippen LogP contribution in [0.15, 0.2) is 48.2 Å². The van der Waals surface area contributed by atoms with E-state index in [0.717, 1.165) is 39.5 Å². The van der Waals surface area contributed by atoms with E-state index in [0.29, 0.717) is 42.6 Å². The van der Waals surface area contributed by atoms with Crippen LogP contribution in [0.25, 0.3) is 6.08 Å². The molecule has 8 heteroatoms. The molecule has 3 aromatic rings. The topological polar surface area (TPSA) is 75.7 Å². The molecule has 35 heavy (non-hydrogen) atoms. The van der Waals surface area contributed by atoms with Gasteiger partial charge < -0.3 is 28.4 Å². The Hall–Kier alpha value is -4.17. The van der Waals surface area contributed by atoms with E-state index in [1.165, 1.54) is 0 Å². The van der Waals surface area contributed by atoms with Gasteiger partial charge in [0.2, 0.25) is 19.4 Å². The number of benzene rings is 3. The Balaban J connectivity index is 1.14. The molecule has 0 atom stereocenters. The number of hydrogen-bond donors (Lipinski definition) is 0. The molecule has 4 heterocycles. The molecule has 0 radical (unpaired) electrons. The van der Waals surface area contributed by atoms with E-state index >= 15 is 0 Å². The number of hydrogen-bond acceptors (Lipinski definition) is 8. The minimum atomic E-state index is -0.142. The van der Waals surface area contributed by atoms with Gasteiger partial charge in [-0.05, 0) is 54.5 Å². The van der Waals surface area contributed by atoms with E-state index < -0.39 is 0 Å². The second kappa shape index (κ2) is 7.68. The first-order valence-electron chi connectivity index (χ1n) is 11.4. The van der Waals surface area contributed by atoms with Crippen LogP contribution >= 0.6 is 0 Å². The van der Waals surface area contributed by atoms with Crippen molar-refractivity contribution in [1.29, 1.82) is 0 Å². The molecular formula is C27H21NO7. The molecule has 0 N–H and O–H groups in total. The summed E-state index contributed by atoms with van der Waals surface area (Å²) in [5, 5.41) is 0. The number of fused-ring (bicyclic) bond motifs is 4. The number of nitrogens with zero attached hydrogens (tertiary/aromatic N) is 1. The highest BCUT2D eigenvalue weighted by Crippen LogP contribution is 2.44. The molecule has 176 valence electrons. The predicted octanol–water partition coefficient (Wildman–Crippen LogP) is 4.42. The van der Waals surface area contributed by atoms with Crippen molar-refractivity contribution in [3.05, 3.63) is 76.0 Å². The molecule has 0 aliphatic carbocycles. The summed E-state index contributed by atoms with van der Waals surface area (Å²) in [4.78, 5) is 15.4. The minimum absolute atomic E-state index is 0.142. The first-order chi connectivity index (χ1) is 17.1. The van der Waals surface area contributed by atoms with Crippen LogP contribution in [0.3, 0.4) is 0 Å². The molecule has 0 bridgehead atoms. The third-order valence-electron chi connectivity index (χ3n) is 6.54. The predicted molar refractivity (Wildman–Crippen MR) is 124 cm³/mol. The van der Waals surface area contributed by atoms with E-state index in [1.54, 1.807) is 6.08 Å². The van der Waals surface area contributed by atoms with E-state index in [9.17, 15) is 4.79 Å². The van der Waals surface area contributed by atoms with Gasteiger partial charge in [-0.2, -0.15) is 0 Å². The van der Waals surface area contributed by atoms with Gasteiger partial charge in [0.25, 0.3) is 0 Å². The van der Waals surface area contributed by atoms with Gasteiger partial charge in [0.1, 0.15) is 18.2 Å². The normalized spacial score (nSPS) is 18.3. The SMILES string of the molecule is Cc1c2c(cc3c1O/C(=C\c1ccc4c(c1)OCO4)C3=O)CN(Cc1ccc3c(c1)OCO3)CO2. The maximum absolute atomic E-state index is 13.2. The van der Waals surface area contributed by atoms with Gasteiger partial charge in [-0.1, -0.05) is 12.1 Å². The van der Waals surface area contributed by atoms with Gasteiger partial charge in [0, 0.05) is 24.2 Å². The number of ketones is 1. The zero-order valence-electron chi connectivity index (χ0n) is 19.0. The molecule has 4 aliphatic rings. The van der Waals surface area contributed by atoms with Crippen molar-refractivity contribution in [2.24, 2.45) is 0 Å². The van der Waals surface area contributed by atoms with Gasteiger partial charge in [0.15, 0.2) is 28.8 Å². The van der Waals surface area contributed by atoms with Crippen LogP contribution in [-0.2, 0) is 13.1 Å². The lowest BCUT2D eigenvalue weighted by Gasteiger charge is -2.30. The lowest BCUT2D eigenvalue weighted by atomic mass is 9.99. The number of ether oxygens (including phenoxy) is 6. The van der Waals surface area contributed by atoms with Gasteiger partial charge >= 0.3 is 0 Å². The maximum atomic E-state index is 13.2. The fourth-order valence-electron chi connectivity index (χ4n) is 4.85. The highest BCUT2D eigenvalue weighted by Gasteiger charge is 2.34. The van der Waals surface area contributed by atoms with Crippen LogP contribution in [0.5, 0.6) is 34.5 Å². The number of carbonyl (C=O) groups excluding carboxylic acids is 1. The molecular weight excluding hydrogens is 450 g/mol. The second-order valence-electron chi connectivity index (χ2n) is 8.87. The Morgan fingerprint density at radius 3 is 2.43 bits per heavy atom. The monoisotopic (exact) mass is 471 g/mol. The molecule has 0 saturated heterocycles. The van der Waals surface area contributed by atoms with Crippen LogP contribution in [0.2, 0.25) is 0 Å². The van der Waals surface area contributed by atoms with E-state index in [-0.39, 0.29) is 25.1 Å². The molecule has 0 fully saturated rings. The lowest BCUT2D eigenvalue weighted by molar-refractivity contribution is 0.0876. The molecule has 4 aliphatic heterocycles. The maximum Gasteiger partial charge on any atom is 0.231 e. The number of rotatable bonds is 3. The van der Waals surface area contributed by atoms with Crippen LogP contribution in [0.4, 0.5) is 0 Å². The fourth-order valence-corrected chi connectivity index (χ4v) is 4.85. The van der Waals surface area contributed by atoms with Gasteiger partial charge in [-0.3, -0.25) is 9.69 Å². The Kier molecular flexibility index (Phi) is 4.44. The number of Topliss-reactive ketones (excluding diaryl/α,β-unsaturated/α-hetero) is 1. The number of carbonyl (C=O) groups is 1. The minimum Gasteiger partial charge on any atom is -0.477 e. The van der Waals surface area contributed by atoms with Crippen molar-refractivity contribution in [3.8, 4) is 34.5 Å². The van der Waals surface area contributed by atoms with Crippen molar-refractivity contribution >= 4 is 11.9 Å². The van der Waals surface area contributed by atoms with Crippen LogP contribution in [0.1, 0.15) is 32.6 Å². The van der Waals surface area contributed by atoms with E-state index in [1.807, 2.05) is 49.4 Å². The largest absolute Gasteiger partial charge is 0.477 e. The molecule has 0 saturated carbocycles. The van der Waals surface area contributed by atoms with Crippen molar-refractivity contribution in [1.82, 2.24) is 4.90 Å². The van der Waals surface area contributed by atoms with Crippen LogP contribution in [-0.4, -0.2) is 31.0 Å². The highest BCUT2D eigenvalue weighted by molar-refractivity contribution is 6.15. The average Bonchev–Trinajstić information content (AvgIpc) is 3.59. The summed E-state index contributed by atoms with van der Waals surface area (Å²) < 4.78 is 33.8. The summed E-state index contributed by atoms with van der Waals surface area (Å²) >= 11 is 0. The van der Waals surface area contributed by atoms with Crippen LogP contribution in [0, 0.1) is 6.92 Å². The molecule has 0 amide bonds. The van der Waals surface area contributed by atoms with E-state index in [2.05, 4.69) is 4.90 Å². The van der Waals surface area contributed by atoms with E-state index in [4.69, 9.17) is 28.4 Å². The second-order valence-corrected chi connectivity index (χ2v) is 8.87. The Labute approximate surface area is 201 Å². The number of allylic oxidation sites excluding steroid dienone is 1. The molecule has 0 unspecified atom stereocenters. The first-order valence-corrected chi connectivity index (χ1v) is 11.4. The quantitative estimate of drug-likeness (QED) is 0.520. The molecule has 7 rings (SSSR count). The average molecular weight is 471 g/mol. The molecule has 3 aromatic carbocycles. The molecule has 0 aromatic heterocycles. The third kappa shape index (κ3) is 3.37.